The van der Waals surface area contributed by atoms with Crippen molar-refractivity contribution in [2.24, 2.45) is 0 Å². The smallest absolute Gasteiger partial charge is 0.314 e. The maximum Gasteiger partial charge on any atom is 0.314 e. The summed E-state index contributed by atoms with van der Waals surface area (Å²) in [6.45, 7) is 7.95. The third-order valence-corrected chi connectivity index (χ3v) is 4.49. The van der Waals surface area contributed by atoms with Gasteiger partial charge in [-0.25, -0.2) is 0 Å². The van der Waals surface area contributed by atoms with Gasteiger partial charge in [0, 0.05) is 28.9 Å². The van der Waals surface area contributed by atoms with Crippen LogP contribution in [0.2, 0.25) is 0 Å². The van der Waals surface area contributed by atoms with E-state index in [9.17, 15) is 9.59 Å². The lowest BCUT2D eigenvalue weighted by molar-refractivity contribution is -0.133. The number of carbonyl (C=O) groups is 2. The van der Waals surface area contributed by atoms with Crippen molar-refractivity contribution >= 4 is 44.8 Å². The molecule has 0 unspecified atom stereocenters. The largest absolute Gasteiger partial charge is 0.372 e. The average Bonchev–Trinajstić information content (AvgIpc) is 2.59. The predicted molar refractivity (Wildman–Crippen MR) is 106 cm³/mol. The first-order valence-corrected chi connectivity index (χ1v) is 8.97. The Hall–Kier alpha value is -2.34. The second-order valence-corrected chi connectivity index (χ2v) is 6.47. The van der Waals surface area contributed by atoms with E-state index in [4.69, 9.17) is 0 Å². The predicted octanol–water partition coefficient (Wildman–Crippen LogP) is 4.18. The fourth-order valence-electron chi connectivity index (χ4n) is 2.43. The Morgan fingerprint density at radius 1 is 0.960 bits per heavy atom. The van der Waals surface area contributed by atoms with Crippen molar-refractivity contribution in [3.05, 3.63) is 52.5 Å². The summed E-state index contributed by atoms with van der Waals surface area (Å²) in [6.07, 6.45) is 0. The Bertz CT molecular complexity index is 756. The first-order valence-electron chi connectivity index (χ1n) is 8.18. The van der Waals surface area contributed by atoms with Crippen LogP contribution in [0.3, 0.4) is 0 Å². The van der Waals surface area contributed by atoms with Gasteiger partial charge in [-0.1, -0.05) is 6.07 Å². The molecule has 0 radical (unpaired) electrons. The molecule has 2 amide bonds. The molecule has 0 heterocycles. The van der Waals surface area contributed by atoms with Gasteiger partial charge in [0.15, 0.2) is 0 Å². The van der Waals surface area contributed by atoms with E-state index in [1.165, 1.54) is 0 Å². The Balaban J connectivity index is 2.00. The van der Waals surface area contributed by atoms with E-state index in [0.717, 1.165) is 28.8 Å². The number of rotatable bonds is 5. The van der Waals surface area contributed by atoms with Gasteiger partial charge in [0.2, 0.25) is 0 Å². The Kier molecular flexibility index (Phi) is 6.58. The minimum absolute atomic E-state index is 0.558. The van der Waals surface area contributed by atoms with Gasteiger partial charge in [0.05, 0.1) is 5.69 Å². The molecule has 0 saturated carbocycles. The number of anilines is 3. The standard InChI is InChI=1S/C19H22BrN3O2/c1-4-23(5-2)15-9-7-14(8-10-15)21-18(24)19(25)22-17-11-6-13(3)12-16(17)20/h6-12H,4-5H2,1-3H3,(H,21,24)(H,22,25). The third kappa shape index (κ3) is 5.06. The molecule has 2 aromatic carbocycles. The lowest BCUT2D eigenvalue weighted by Gasteiger charge is -2.21. The van der Waals surface area contributed by atoms with Gasteiger partial charge in [-0.3, -0.25) is 9.59 Å². The molecule has 2 aromatic rings. The van der Waals surface area contributed by atoms with Crippen molar-refractivity contribution in [2.45, 2.75) is 20.8 Å². The summed E-state index contributed by atoms with van der Waals surface area (Å²) in [5.74, 6) is -1.42. The third-order valence-electron chi connectivity index (χ3n) is 3.83. The molecule has 0 spiro atoms. The first-order chi connectivity index (χ1) is 11.9. The highest BCUT2D eigenvalue weighted by Crippen LogP contribution is 2.23. The SMILES string of the molecule is CCN(CC)c1ccc(NC(=O)C(=O)Nc2ccc(C)cc2Br)cc1. The van der Waals surface area contributed by atoms with Crippen LogP contribution >= 0.6 is 15.9 Å². The van der Waals surface area contributed by atoms with Crippen LogP contribution in [0, 0.1) is 6.92 Å². The van der Waals surface area contributed by atoms with Crippen LogP contribution in [0.15, 0.2) is 46.9 Å². The van der Waals surface area contributed by atoms with E-state index >= 15 is 0 Å². The van der Waals surface area contributed by atoms with Crippen LogP contribution < -0.4 is 15.5 Å². The summed E-state index contributed by atoms with van der Waals surface area (Å²) in [7, 11) is 0. The summed E-state index contributed by atoms with van der Waals surface area (Å²) >= 11 is 3.38. The minimum Gasteiger partial charge on any atom is -0.372 e. The van der Waals surface area contributed by atoms with Crippen molar-refractivity contribution < 1.29 is 9.59 Å². The van der Waals surface area contributed by atoms with Crippen molar-refractivity contribution in [1.82, 2.24) is 0 Å². The van der Waals surface area contributed by atoms with E-state index in [2.05, 4.69) is 45.3 Å². The van der Waals surface area contributed by atoms with Gasteiger partial charge >= 0.3 is 11.8 Å². The van der Waals surface area contributed by atoms with Crippen molar-refractivity contribution in [3.63, 3.8) is 0 Å². The van der Waals surface area contributed by atoms with Gasteiger partial charge in [-0.05, 0) is 78.7 Å². The molecule has 5 nitrogen and oxygen atoms in total. The van der Waals surface area contributed by atoms with Gasteiger partial charge in [-0.15, -0.1) is 0 Å². The highest BCUT2D eigenvalue weighted by Gasteiger charge is 2.15. The molecule has 0 aliphatic rings. The number of hydrogen-bond donors (Lipinski definition) is 2. The zero-order chi connectivity index (χ0) is 18.4. The molecule has 2 N–H and O–H groups in total. The summed E-state index contributed by atoms with van der Waals surface area (Å²) < 4.78 is 0.734. The molecule has 2 rings (SSSR count). The molecule has 0 aliphatic heterocycles. The number of carbonyl (C=O) groups excluding carboxylic acids is 2. The maximum atomic E-state index is 12.1. The number of nitrogens with zero attached hydrogens (tertiary/aromatic N) is 1. The summed E-state index contributed by atoms with van der Waals surface area (Å²) in [5, 5.41) is 5.21. The highest BCUT2D eigenvalue weighted by molar-refractivity contribution is 9.10. The lowest BCUT2D eigenvalue weighted by atomic mass is 10.2. The van der Waals surface area contributed by atoms with Gasteiger partial charge < -0.3 is 15.5 Å². The molecule has 0 fully saturated rings. The average molecular weight is 404 g/mol. The summed E-state index contributed by atoms with van der Waals surface area (Å²) in [5.41, 5.74) is 3.28. The van der Waals surface area contributed by atoms with Crippen LogP contribution in [0.4, 0.5) is 17.1 Å². The molecule has 6 heteroatoms. The number of benzene rings is 2. The Morgan fingerprint density at radius 3 is 2.12 bits per heavy atom. The van der Waals surface area contributed by atoms with Crippen LogP contribution in [-0.2, 0) is 9.59 Å². The maximum absolute atomic E-state index is 12.1. The van der Waals surface area contributed by atoms with E-state index in [-0.39, 0.29) is 0 Å². The fourth-order valence-corrected chi connectivity index (χ4v) is 3.03. The Labute approximate surface area is 156 Å². The normalized spacial score (nSPS) is 10.2. The van der Waals surface area contributed by atoms with E-state index in [1.807, 2.05) is 31.2 Å². The molecule has 25 heavy (non-hydrogen) atoms. The summed E-state index contributed by atoms with van der Waals surface area (Å²) in [6, 6.07) is 12.9. The zero-order valence-electron chi connectivity index (χ0n) is 14.6. The van der Waals surface area contributed by atoms with E-state index < -0.39 is 11.8 Å². The molecule has 0 aromatic heterocycles. The van der Waals surface area contributed by atoms with E-state index in [1.54, 1.807) is 18.2 Å². The van der Waals surface area contributed by atoms with Gasteiger partial charge in [0.25, 0.3) is 0 Å². The second-order valence-electron chi connectivity index (χ2n) is 5.61. The fraction of sp³-hybridized carbons (Fsp3) is 0.263. The lowest BCUT2D eigenvalue weighted by Crippen LogP contribution is -2.29. The van der Waals surface area contributed by atoms with Crippen LogP contribution in [0.25, 0.3) is 0 Å². The van der Waals surface area contributed by atoms with Crippen molar-refractivity contribution in [2.75, 3.05) is 28.6 Å². The number of halogens is 1. The molecule has 0 bridgehead atoms. The van der Waals surface area contributed by atoms with Crippen molar-refractivity contribution in [1.29, 1.82) is 0 Å². The van der Waals surface area contributed by atoms with Crippen LogP contribution in [0.1, 0.15) is 19.4 Å². The molecular weight excluding hydrogens is 382 g/mol. The number of aryl methyl sites for hydroxylation is 1. The highest BCUT2D eigenvalue weighted by atomic mass is 79.9. The Morgan fingerprint density at radius 2 is 1.56 bits per heavy atom. The zero-order valence-corrected chi connectivity index (χ0v) is 16.2. The van der Waals surface area contributed by atoms with Crippen LogP contribution in [-0.4, -0.2) is 24.9 Å². The van der Waals surface area contributed by atoms with Gasteiger partial charge in [0.1, 0.15) is 0 Å². The van der Waals surface area contributed by atoms with Crippen molar-refractivity contribution in [3.8, 4) is 0 Å². The van der Waals surface area contributed by atoms with Gasteiger partial charge in [-0.2, -0.15) is 0 Å². The summed E-state index contributed by atoms with van der Waals surface area (Å²) in [4.78, 5) is 26.3. The number of amides is 2. The molecule has 0 atom stereocenters. The van der Waals surface area contributed by atoms with E-state index in [0.29, 0.717) is 11.4 Å². The second kappa shape index (κ2) is 8.67. The molecular formula is C19H22BrN3O2. The van der Waals surface area contributed by atoms with Crippen LogP contribution in [0.5, 0.6) is 0 Å². The number of nitrogens with one attached hydrogen (secondary N) is 2. The monoisotopic (exact) mass is 403 g/mol. The molecule has 0 aliphatic carbocycles. The topological polar surface area (TPSA) is 61.4 Å². The molecule has 132 valence electrons. The molecule has 0 saturated heterocycles. The number of hydrogen-bond acceptors (Lipinski definition) is 3. The minimum atomic E-state index is -0.711. The quantitative estimate of drug-likeness (QED) is 0.735. The first kappa shape index (κ1) is 19.0.